The molecule has 182 valence electrons. The van der Waals surface area contributed by atoms with E-state index >= 15 is 0 Å². The third-order valence-corrected chi connectivity index (χ3v) is 6.07. The van der Waals surface area contributed by atoms with Crippen molar-refractivity contribution in [1.29, 1.82) is 0 Å². The highest BCUT2D eigenvalue weighted by Gasteiger charge is 2.23. The largest absolute Gasteiger partial charge is 0.497 e. The van der Waals surface area contributed by atoms with Crippen molar-refractivity contribution in [1.82, 2.24) is 29.9 Å². The number of carbonyl (C=O) groups is 1. The van der Waals surface area contributed by atoms with E-state index < -0.39 is 0 Å². The molecule has 0 N–H and O–H groups in total. The fourth-order valence-corrected chi connectivity index (χ4v) is 4.04. The van der Waals surface area contributed by atoms with Crippen LogP contribution in [0.25, 0.3) is 22.6 Å². The minimum Gasteiger partial charge on any atom is -0.497 e. The Bertz CT molecular complexity index is 1380. The Labute approximate surface area is 207 Å². The lowest BCUT2D eigenvalue weighted by Crippen LogP contribution is -2.50. The van der Waals surface area contributed by atoms with Gasteiger partial charge in [0, 0.05) is 44.0 Å². The maximum absolute atomic E-state index is 13.0. The molecule has 1 aliphatic rings. The predicted octanol–water partition coefficient (Wildman–Crippen LogP) is 2.12. The molecule has 4 aromatic rings. The molecule has 0 spiro atoms. The fourth-order valence-electron chi connectivity index (χ4n) is 4.04. The molecule has 1 amide bonds. The van der Waals surface area contributed by atoms with Gasteiger partial charge in [-0.15, -0.1) is 10.2 Å². The summed E-state index contributed by atoms with van der Waals surface area (Å²) < 4.78 is 6.41. The maximum Gasteiger partial charge on any atom is 0.267 e. The van der Waals surface area contributed by atoms with Crippen LogP contribution in [0.3, 0.4) is 0 Å². The number of piperazine rings is 1. The van der Waals surface area contributed by atoms with E-state index in [0.29, 0.717) is 37.6 Å². The van der Waals surface area contributed by atoms with Gasteiger partial charge < -0.3 is 14.5 Å². The highest BCUT2D eigenvalue weighted by molar-refractivity contribution is 5.76. The molecule has 1 aromatic carbocycles. The minimum absolute atomic E-state index is 0.110. The molecule has 5 rings (SSSR count). The summed E-state index contributed by atoms with van der Waals surface area (Å²) in [5.74, 6) is 1.34. The van der Waals surface area contributed by atoms with Crippen molar-refractivity contribution in [2.75, 3.05) is 38.2 Å². The van der Waals surface area contributed by atoms with Gasteiger partial charge in [0.2, 0.25) is 5.91 Å². The lowest BCUT2D eigenvalue weighted by Gasteiger charge is -2.35. The first kappa shape index (κ1) is 23.2. The van der Waals surface area contributed by atoms with Crippen LogP contribution in [-0.2, 0) is 11.3 Å². The Balaban J connectivity index is 1.20. The first-order valence-corrected chi connectivity index (χ1v) is 11.6. The number of benzene rings is 1. The third-order valence-electron chi connectivity index (χ3n) is 6.07. The summed E-state index contributed by atoms with van der Waals surface area (Å²) in [6, 6.07) is 19.9. The van der Waals surface area contributed by atoms with E-state index in [1.165, 1.54) is 10.7 Å². The smallest absolute Gasteiger partial charge is 0.267 e. The van der Waals surface area contributed by atoms with E-state index in [9.17, 15) is 9.59 Å². The van der Waals surface area contributed by atoms with Crippen LogP contribution in [0, 0.1) is 0 Å². The second kappa shape index (κ2) is 10.3. The van der Waals surface area contributed by atoms with Crippen molar-refractivity contribution < 1.29 is 9.53 Å². The minimum atomic E-state index is -0.317. The van der Waals surface area contributed by atoms with Crippen LogP contribution in [-0.4, -0.2) is 69.1 Å². The van der Waals surface area contributed by atoms with Crippen LogP contribution in [0.15, 0.2) is 77.7 Å². The molecule has 3 aromatic heterocycles. The van der Waals surface area contributed by atoms with Crippen molar-refractivity contribution in [2.45, 2.75) is 6.54 Å². The normalized spacial score (nSPS) is 13.5. The zero-order valence-electron chi connectivity index (χ0n) is 19.8. The molecule has 1 aliphatic heterocycles. The molecule has 1 saturated heterocycles. The number of amides is 1. The van der Waals surface area contributed by atoms with Gasteiger partial charge in [-0.25, -0.2) is 4.68 Å². The van der Waals surface area contributed by atoms with E-state index in [4.69, 9.17) is 4.74 Å². The number of anilines is 1. The van der Waals surface area contributed by atoms with Gasteiger partial charge in [0.05, 0.1) is 18.5 Å². The topological polar surface area (TPSA) is 106 Å². The summed E-state index contributed by atoms with van der Waals surface area (Å²) in [5, 5.41) is 13.1. The predicted molar refractivity (Wildman–Crippen MR) is 135 cm³/mol. The summed E-state index contributed by atoms with van der Waals surface area (Å²) in [5.41, 5.74) is 2.61. The molecule has 0 aliphatic carbocycles. The standard InChI is InChI=1S/C26H25N7O3/c1-36-20-7-5-19(6-8-20)21-10-12-25(34)33(30-21)18-26(35)32-16-14-31(15-17-32)24-11-9-23(28-29-24)22-4-2-3-13-27-22/h2-13H,14-18H2,1H3. The second-order valence-electron chi connectivity index (χ2n) is 8.30. The van der Waals surface area contributed by atoms with Gasteiger partial charge in [-0.1, -0.05) is 6.07 Å². The Morgan fingerprint density at radius 3 is 2.31 bits per heavy atom. The van der Waals surface area contributed by atoms with Crippen molar-refractivity contribution in [3.8, 4) is 28.4 Å². The van der Waals surface area contributed by atoms with Crippen molar-refractivity contribution in [3.05, 3.63) is 83.3 Å². The first-order valence-electron chi connectivity index (χ1n) is 11.6. The molecule has 0 unspecified atom stereocenters. The van der Waals surface area contributed by atoms with Crippen LogP contribution < -0.4 is 15.2 Å². The second-order valence-corrected chi connectivity index (χ2v) is 8.30. The van der Waals surface area contributed by atoms with Gasteiger partial charge in [0.25, 0.3) is 5.56 Å². The third kappa shape index (κ3) is 5.07. The van der Waals surface area contributed by atoms with Crippen LogP contribution in [0.2, 0.25) is 0 Å². The molecule has 4 heterocycles. The van der Waals surface area contributed by atoms with Crippen molar-refractivity contribution in [2.24, 2.45) is 0 Å². The Morgan fingerprint density at radius 2 is 1.64 bits per heavy atom. The Morgan fingerprint density at radius 1 is 0.861 bits per heavy atom. The number of nitrogens with zero attached hydrogens (tertiary/aromatic N) is 7. The number of pyridine rings is 1. The first-order chi connectivity index (χ1) is 17.6. The zero-order chi connectivity index (χ0) is 24.9. The number of ether oxygens (including phenoxy) is 1. The quantitative estimate of drug-likeness (QED) is 0.411. The van der Waals surface area contributed by atoms with E-state index in [1.54, 1.807) is 24.3 Å². The number of methoxy groups -OCH3 is 1. The SMILES string of the molecule is COc1ccc(-c2ccc(=O)n(CC(=O)N3CCN(c4ccc(-c5ccccn5)nn4)CC3)n2)cc1. The summed E-state index contributed by atoms with van der Waals surface area (Å²) in [6.07, 6.45) is 1.72. The van der Waals surface area contributed by atoms with Crippen molar-refractivity contribution >= 4 is 11.7 Å². The molecule has 0 saturated carbocycles. The number of aromatic nitrogens is 5. The maximum atomic E-state index is 13.0. The Hall–Kier alpha value is -4.60. The van der Waals surface area contributed by atoms with Gasteiger partial charge in [-0.3, -0.25) is 14.6 Å². The van der Waals surface area contributed by atoms with Crippen LogP contribution in [0.1, 0.15) is 0 Å². The lowest BCUT2D eigenvalue weighted by molar-refractivity contribution is -0.132. The molecule has 0 radical (unpaired) electrons. The molecule has 0 atom stereocenters. The highest BCUT2D eigenvalue weighted by atomic mass is 16.5. The summed E-state index contributed by atoms with van der Waals surface area (Å²) in [4.78, 5) is 33.5. The zero-order valence-corrected chi connectivity index (χ0v) is 19.8. The number of hydrogen-bond donors (Lipinski definition) is 0. The summed E-state index contributed by atoms with van der Waals surface area (Å²) >= 11 is 0. The van der Waals surface area contributed by atoms with Crippen LogP contribution in [0.4, 0.5) is 5.82 Å². The van der Waals surface area contributed by atoms with E-state index in [1.807, 2.05) is 54.6 Å². The van der Waals surface area contributed by atoms with Gasteiger partial charge >= 0.3 is 0 Å². The number of carbonyl (C=O) groups excluding carboxylic acids is 1. The molecule has 0 bridgehead atoms. The highest BCUT2D eigenvalue weighted by Crippen LogP contribution is 2.20. The molecular weight excluding hydrogens is 458 g/mol. The molecule has 10 heteroatoms. The summed E-state index contributed by atoms with van der Waals surface area (Å²) in [7, 11) is 1.60. The van der Waals surface area contributed by atoms with Crippen molar-refractivity contribution in [3.63, 3.8) is 0 Å². The fraction of sp³-hybridized carbons (Fsp3) is 0.231. The summed E-state index contributed by atoms with van der Waals surface area (Å²) in [6.45, 7) is 2.18. The molecule has 36 heavy (non-hydrogen) atoms. The van der Waals surface area contributed by atoms with Gasteiger partial charge in [-0.2, -0.15) is 5.10 Å². The number of hydrogen-bond acceptors (Lipinski definition) is 8. The van der Waals surface area contributed by atoms with Crippen LogP contribution in [0.5, 0.6) is 5.75 Å². The molecule has 10 nitrogen and oxygen atoms in total. The van der Waals surface area contributed by atoms with E-state index in [2.05, 4.69) is 25.2 Å². The molecule has 1 fully saturated rings. The van der Waals surface area contributed by atoms with Gasteiger partial charge in [-0.05, 0) is 54.6 Å². The van der Waals surface area contributed by atoms with Crippen LogP contribution >= 0.6 is 0 Å². The van der Waals surface area contributed by atoms with Gasteiger partial charge in [0.15, 0.2) is 5.82 Å². The number of rotatable bonds is 6. The average Bonchev–Trinajstić information content (AvgIpc) is 2.95. The Kier molecular flexibility index (Phi) is 6.65. The van der Waals surface area contributed by atoms with Gasteiger partial charge in [0.1, 0.15) is 18.0 Å². The average molecular weight is 484 g/mol. The molecular formula is C26H25N7O3. The van der Waals surface area contributed by atoms with E-state index in [0.717, 1.165) is 22.8 Å². The van der Waals surface area contributed by atoms with E-state index in [-0.39, 0.29) is 18.0 Å². The monoisotopic (exact) mass is 483 g/mol. The lowest BCUT2D eigenvalue weighted by atomic mass is 10.1.